The van der Waals surface area contributed by atoms with Crippen molar-refractivity contribution in [2.75, 3.05) is 18.9 Å². The minimum Gasteiger partial charge on any atom is -0.493 e. The number of fused-ring (bicyclic) bond motifs is 1. The van der Waals surface area contributed by atoms with E-state index in [0.29, 0.717) is 31.6 Å². The number of aryl methyl sites for hydroxylation is 3. The van der Waals surface area contributed by atoms with Crippen LogP contribution in [0.25, 0.3) is 10.6 Å². The fourth-order valence-corrected chi connectivity index (χ4v) is 4.94. The van der Waals surface area contributed by atoms with Crippen LogP contribution in [0.2, 0.25) is 0 Å². The first-order valence-electron chi connectivity index (χ1n) is 11.5. The van der Waals surface area contributed by atoms with Crippen LogP contribution >= 0.6 is 11.3 Å². The Morgan fingerprint density at radius 3 is 2.68 bits per heavy atom. The van der Waals surface area contributed by atoms with Gasteiger partial charge in [-0.15, -0.1) is 11.3 Å². The summed E-state index contributed by atoms with van der Waals surface area (Å²) in [5.41, 5.74) is 11.4. The van der Waals surface area contributed by atoms with E-state index < -0.39 is 30.8 Å². The normalized spacial score (nSPS) is 14.8. The maximum absolute atomic E-state index is 12.2. The largest absolute Gasteiger partial charge is 0.493 e. The number of nitrogens with zero attached hydrogens (tertiary/aromatic N) is 1. The molecule has 0 spiro atoms. The van der Waals surface area contributed by atoms with Crippen molar-refractivity contribution >= 4 is 29.0 Å². The maximum atomic E-state index is 12.2. The summed E-state index contributed by atoms with van der Waals surface area (Å²) in [5, 5.41) is 0.908. The van der Waals surface area contributed by atoms with E-state index in [-0.39, 0.29) is 0 Å². The Hall–Kier alpha value is -3.60. The van der Waals surface area contributed by atoms with Crippen LogP contribution in [0.5, 0.6) is 5.75 Å². The number of hydrogen-bond donors (Lipinski definition) is 1. The number of thiazole rings is 1. The molecule has 1 aliphatic rings. The lowest BCUT2D eigenvalue weighted by Crippen LogP contribution is -2.28. The molecule has 0 amide bonds. The van der Waals surface area contributed by atoms with Gasteiger partial charge in [-0.2, -0.15) is 13.2 Å². The Bertz CT molecular complexity index is 1320. The molecule has 2 aromatic carbocycles. The minimum atomic E-state index is -5.16. The average Bonchev–Trinajstić information content (AvgIpc) is 3.41. The Morgan fingerprint density at radius 1 is 1.16 bits per heavy atom. The molecule has 0 saturated heterocycles. The monoisotopic (exact) mass is 534 g/mol. The molecule has 196 valence electrons. The van der Waals surface area contributed by atoms with Crippen LogP contribution in [0, 0.1) is 13.8 Å². The van der Waals surface area contributed by atoms with Gasteiger partial charge in [0.05, 0.1) is 12.3 Å². The highest BCUT2D eigenvalue weighted by atomic mass is 32.1. The van der Waals surface area contributed by atoms with E-state index >= 15 is 0 Å². The molecule has 0 saturated carbocycles. The first-order chi connectivity index (χ1) is 17.5. The van der Waals surface area contributed by atoms with Crippen molar-refractivity contribution in [1.29, 1.82) is 0 Å². The Labute approximate surface area is 215 Å². The van der Waals surface area contributed by atoms with Crippen molar-refractivity contribution < 1.29 is 37.0 Å². The molecule has 1 atom stereocenters. The van der Waals surface area contributed by atoms with Gasteiger partial charge in [-0.05, 0) is 61.6 Å². The fourth-order valence-electron chi connectivity index (χ4n) is 3.99. The summed E-state index contributed by atoms with van der Waals surface area (Å²) in [6, 6.07) is 11.3. The molecule has 1 unspecified atom stereocenters. The number of carbonyl (C=O) groups excluding carboxylic acids is 2. The topological polar surface area (TPSA) is 101 Å². The number of aromatic nitrogens is 1. The van der Waals surface area contributed by atoms with Gasteiger partial charge in [0.25, 0.3) is 0 Å². The first kappa shape index (κ1) is 26.5. The first-order valence-corrected chi connectivity index (χ1v) is 12.3. The minimum absolute atomic E-state index is 0.418. The number of benzene rings is 2. The van der Waals surface area contributed by atoms with Crippen molar-refractivity contribution in [1.82, 2.24) is 4.98 Å². The van der Waals surface area contributed by atoms with E-state index in [1.54, 1.807) is 23.5 Å². The SMILES string of the molecule is Cc1ccc(-c2nc(CCOc3ccc4c(c3)CCC4OC(=O)COC(=O)C(F)(F)F)c(C)s2)cc1N. The molecule has 0 fully saturated rings. The van der Waals surface area contributed by atoms with Gasteiger partial charge in [-0.1, -0.05) is 18.2 Å². The third kappa shape index (κ3) is 6.40. The van der Waals surface area contributed by atoms with E-state index in [0.717, 1.165) is 43.5 Å². The predicted octanol–water partition coefficient (Wildman–Crippen LogP) is 5.27. The maximum Gasteiger partial charge on any atom is 0.490 e. The van der Waals surface area contributed by atoms with Crippen LogP contribution in [0.3, 0.4) is 0 Å². The van der Waals surface area contributed by atoms with Gasteiger partial charge in [0.1, 0.15) is 16.9 Å². The van der Waals surface area contributed by atoms with Gasteiger partial charge in [0.2, 0.25) is 0 Å². The summed E-state index contributed by atoms with van der Waals surface area (Å²) >= 11 is 1.61. The highest BCUT2D eigenvalue weighted by molar-refractivity contribution is 7.15. The van der Waals surface area contributed by atoms with Gasteiger partial charge in [0.15, 0.2) is 6.61 Å². The summed E-state index contributed by atoms with van der Waals surface area (Å²) in [6.45, 7) is 3.30. The number of esters is 2. The zero-order valence-corrected chi connectivity index (χ0v) is 21.0. The number of hydrogen-bond acceptors (Lipinski definition) is 8. The lowest BCUT2D eigenvalue weighted by molar-refractivity contribution is -0.202. The van der Waals surface area contributed by atoms with Gasteiger partial charge < -0.3 is 19.9 Å². The van der Waals surface area contributed by atoms with E-state index in [1.165, 1.54) is 0 Å². The molecule has 0 aliphatic heterocycles. The predicted molar refractivity (Wildman–Crippen MR) is 131 cm³/mol. The fraction of sp³-hybridized carbons (Fsp3) is 0.346. The second-order valence-corrected chi connectivity index (χ2v) is 9.85. The standard InChI is InChI=1S/C26H25F3N2O5S/c1-14-3-4-17(12-20(14)30)24-31-21(15(2)37-24)9-10-34-18-6-7-19-16(11-18)5-8-22(19)36-23(32)13-35-25(33)26(27,28)29/h3-4,6-7,11-12,22H,5,8-10,13,30H2,1-2H3. The van der Waals surface area contributed by atoms with Gasteiger partial charge in [0, 0.05) is 22.5 Å². The molecule has 11 heteroatoms. The highest BCUT2D eigenvalue weighted by Gasteiger charge is 2.41. The highest BCUT2D eigenvalue weighted by Crippen LogP contribution is 2.36. The van der Waals surface area contributed by atoms with Crippen LogP contribution in [0.1, 0.15) is 39.8 Å². The van der Waals surface area contributed by atoms with E-state index in [1.807, 2.05) is 38.1 Å². The second-order valence-electron chi connectivity index (χ2n) is 8.64. The molecule has 7 nitrogen and oxygen atoms in total. The zero-order valence-electron chi connectivity index (χ0n) is 20.2. The molecule has 1 aliphatic carbocycles. The number of alkyl halides is 3. The third-order valence-electron chi connectivity index (χ3n) is 5.99. The number of nitrogen functional groups attached to an aromatic ring is 1. The zero-order chi connectivity index (χ0) is 26.7. The lowest BCUT2D eigenvalue weighted by Gasteiger charge is -2.14. The van der Waals surface area contributed by atoms with Crippen molar-refractivity contribution in [3.8, 4) is 16.3 Å². The second kappa shape index (κ2) is 10.8. The molecule has 1 heterocycles. The van der Waals surface area contributed by atoms with E-state index in [4.69, 9.17) is 20.2 Å². The van der Waals surface area contributed by atoms with Crippen LogP contribution in [0.15, 0.2) is 36.4 Å². The number of nitrogens with two attached hydrogens (primary N) is 1. The molecular formula is C26H25F3N2O5S. The van der Waals surface area contributed by atoms with Crippen LogP contribution in [0.4, 0.5) is 18.9 Å². The summed E-state index contributed by atoms with van der Waals surface area (Å²) in [7, 11) is 0. The molecular weight excluding hydrogens is 509 g/mol. The Balaban J connectivity index is 1.30. The smallest absolute Gasteiger partial charge is 0.490 e. The third-order valence-corrected chi connectivity index (χ3v) is 7.05. The lowest BCUT2D eigenvalue weighted by atomic mass is 10.1. The number of anilines is 1. The number of halogens is 3. The molecule has 37 heavy (non-hydrogen) atoms. The Morgan fingerprint density at radius 2 is 1.95 bits per heavy atom. The molecule has 3 aromatic rings. The molecule has 0 bridgehead atoms. The number of ether oxygens (including phenoxy) is 3. The van der Waals surface area contributed by atoms with Crippen LogP contribution in [-0.2, 0) is 31.9 Å². The van der Waals surface area contributed by atoms with Crippen LogP contribution in [-0.4, -0.2) is 36.3 Å². The van der Waals surface area contributed by atoms with E-state index in [2.05, 4.69) is 4.74 Å². The molecule has 1 aromatic heterocycles. The van der Waals surface area contributed by atoms with Gasteiger partial charge in [-0.25, -0.2) is 14.6 Å². The number of carbonyl (C=O) groups is 2. The molecule has 0 radical (unpaired) electrons. The van der Waals surface area contributed by atoms with Crippen LogP contribution < -0.4 is 10.5 Å². The molecule has 2 N–H and O–H groups in total. The summed E-state index contributed by atoms with van der Waals surface area (Å²) < 4.78 is 51.7. The molecule has 4 rings (SSSR count). The summed E-state index contributed by atoms with van der Waals surface area (Å²) in [5.74, 6) is -2.81. The van der Waals surface area contributed by atoms with E-state index in [9.17, 15) is 22.8 Å². The summed E-state index contributed by atoms with van der Waals surface area (Å²) in [6.07, 6.45) is -4.07. The summed E-state index contributed by atoms with van der Waals surface area (Å²) in [4.78, 5) is 28.4. The van der Waals surface area contributed by atoms with Crippen molar-refractivity contribution in [3.05, 3.63) is 63.7 Å². The quantitative estimate of drug-likeness (QED) is 0.311. The van der Waals surface area contributed by atoms with Crippen molar-refractivity contribution in [2.45, 2.75) is 45.4 Å². The Kier molecular flexibility index (Phi) is 7.72. The average molecular weight is 535 g/mol. The van der Waals surface area contributed by atoms with Gasteiger partial charge in [-0.3, -0.25) is 0 Å². The van der Waals surface area contributed by atoms with Gasteiger partial charge >= 0.3 is 18.1 Å². The van der Waals surface area contributed by atoms with Crippen molar-refractivity contribution in [2.24, 2.45) is 0 Å². The van der Waals surface area contributed by atoms with Crippen molar-refractivity contribution in [3.63, 3.8) is 0 Å². The number of rotatable bonds is 8.